The fourth-order valence-electron chi connectivity index (χ4n) is 6.47. The Balaban J connectivity index is 1.35. The van der Waals surface area contributed by atoms with Crippen molar-refractivity contribution in [3.8, 4) is 0 Å². The maximum Gasteiger partial charge on any atom is 0.341 e. The minimum atomic E-state index is -0.571. The summed E-state index contributed by atoms with van der Waals surface area (Å²) in [5, 5.41) is 6.29. The summed E-state index contributed by atoms with van der Waals surface area (Å²) in [5.74, 6) is 1.41. The van der Waals surface area contributed by atoms with Gasteiger partial charge in [-0.05, 0) is 88.0 Å². The average Bonchev–Trinajstić information content (AvgIpc) is 2.91. The molecule has 4 fully saturated rings. The second kappa shape index (κ2) is 7.98. The van der Waals surface area contributed by atoms with Crippen molar-refractivity contribution < 1.29 is 19.1 Å². The first-order chi connectivity index (χ1) is 14.2. The third-order valence-corrected chi connectivity index (χ3v) is 8.72. The largest absolute Gasteiger partial charge is 0.452 e. The SMILES string of the molecule is CC(=O)Nc1sc(C)c(C)c1C(=O)OCC(=O)NC(C)C12CC3CC(CC(C3)C1)C2. The first kappa shape index (κ1) is 21.3. The van der Waals surface area contributed by atoms with Gasteiger partial charge in [-0.2, -0.15) is 0 Å². The Morgan fingerprint density at radius 3 is 2.20 bits per heavy atom. The molecular formula is C23H32N2O4S. The number of carbonyl (C=O) groups is 3. The van der Waals surface area contributed by atoms with Crippen LogP contribution in [0.5, 0.6) is 0 Å². The molecule has 4 bridgehead atoms. The van der Waals surface area contributed by atoms with Gasteiger partial charge < -0.3 is 15.4 Å². The molecule has 164 valence electrons. The highest BCUT2D eigenvalue weighted by Crippen LogP contribution is 2.61. The molecule has 1 atom stereocenters. The van der Waals surface area contributed by atoms with Crippen molar-refractivity contribution in [3.63, 3.8) is 0 Å². The van der Waals surface area contributed by atoms with Crippen LogP contribution in [0.4, 0.5) is 5.00 Å². The molecule has 1 aromatic rings. The van der Waals surface area contributed by atoms with Crippen LogP contribution in [0.3, 0.4) is 0 Å². The van der Waals surface area contributed by atoms with Crippen LogP contribution in [0.2, 0.25) is 0 Å². The van der Waals surface area contributed by atoms with Gasteiger partial charge in [0, 0.05) is 17.8 Å². The molecule has 6 nitrogen and oxygen atoms in total. The molecule has 1 heterocycles. The van der Waals surface area contributed by atoms with E-state index in [-0.39, 0.29) is 29.9 Å². The van der Waals surface area contributed by atoms with Crippen LogP contribution in [-0.2, 0) is 14.3 Å². The lowest BCUT2D eigenvalue weighted by Crippen LogP contribution is -2.56. The lowest BCUT2D eigenvalue weighted by atomic mass is 9.48. The summed E-state index contributed by atoms with van der Waals surface area (Å²) >= 11 is 1.34. The van der Waals surface area contributed by atoms with Crippen LogP contribution in [0, 0.1) is 37.0 Å². The van der Waals surface area contributed by atoms with Crippen molar-refractivity contribution in [2.24, 2.45) is 23.2 Å². The Hall–Kier alpha value is -1.89. The number of aryl methyl sites for hydroxylation is 1. The number of ether oxygens (including phenoxy) is 1. The van der Waals surface area contributed by atoms with E-state index >= 15 is 0 Å². The smallest absolute Gasteiger partial charge is 0.341 e. The standard InChI is InChI=1S/C23H32N2O4S/c1-12-13(2)30-21(25-15(4)26)20(12)22(28)29-11-19(27)24-14(3)23-8-16-5-17(9-23)7-18(6-16)10-23/h14,16-18H,5-11H2,1-4H3,(H,24,27)(H,25,26). The van der Waals surface area contributed by atoms with Gasteiger partial charge in [-0.1, -0.05) is 0 Å². The summed E-state index contributed by atoms with van der Waals surface area (Å²) < 4.78 is 5.33. The predicted molar refractivity (Wildman–Crippen MR) is 117 cm³/mol. The van der Waals surface area contributed by atoms with Gasteiger partial charge in [-0.15, -0.1) is 11.3 Å². The maximum atomic E-state index is 12.6. The van der Waals surface area contributed by atoms with Crippen LogP contribution in [-0.4, -0.2) is 30.4 Å². The summed E-state index contributed by atoms with van der Waals surface area (Å²) in [6.07, 6.45) is 7.75. The minimum absolute atomic E-state index is 0.0946. The average molecular weight is 433 g/mol. The van der Waals surface area contributed by atoms with E-state index in [1.165, 1.54) is 56.8 Å². The molecule has 0 saturated heterocycles. The monoisotopic (exact) mass is 432 g/mol. The van der Waals surface area contributed by atoms with Crippen LogP contribution >= 0.6 is 11.3 Å². The van der Waals surface area contributed by atoms with Crippen molar-refractivity contribution >= 4 is 34.1 Å². The predicted octanol–water partition coefficient (Wildman–Crippen LogP) is 4.20. The second-order valence-electron chi connectivity index (χ2n) is 9.81. The van der Waals surface area contributed by atoms with Crippen molar-refractivity contribution in [1.82, 2.24) is 5.32 Å². The Bertz CT molecular complexity index is 840. The van der Waals surface area contributed by atoms with Crippen LogP contribution in [0.25, 0.3) is 0 Å². The lowest BCUT2D eigenvalue weighted by molar-refractivity contribution is -0.128. The molecule has 4 aliphatic carbocycles. The number of nitrogens with one attached hydrogen (secondary N) is 2. The van der Waals surface area contributed by atoms with Gasteiger partial charge in [0.05, 0.1) is 5.56 Å². The van der Waals surface area contributed by atoms with Crippen molar-refractivity contribution in [3.05, 3.63) is 16.0 Å². The summed E-state index contributed by atoms with van der Waals surface area (Å²) in [6.45, 7) is 6.93. The highest BCUT2D eigenvalue weighted by atomic mass is 32.1. The van der Waals surface area contributed by atoms with E-state index in [1.54, 1.807) is 0 Å². The van der Waals surface area contributed by atoms with E-state index in [0.717, 1.165) is 28.2 Å². The fraction of sp³-hybridized carbons (Fsp3) is 0.696. The van der Waals surface area contributed by atoms with Crippen molar-refractivity contribution in [2.75, 3.05) is 11.9 Å². The van der Waals surface area contributed by atoms with E-state index in [0.29, 0.717) is 10.6 Å². The summed E-state index contributed by atoms with van der Waals surface area (Å²) in [5.41, 5.74) is 1.33. The molecule has 2 amide bonds. The molecule has 2 N–H and O–H groups in total. The minimum Gasteiger partial charge on any atom is -0.452 e. The molecule has 7 heteroatoms. The highest BCUT2D eigenvalue weighted by Gasteiger charge is 2.53. The van der Waals surface area contributed by atoms with E-state index in [1.807, 2.05) is 13.8 Å². The van der Waals surface area contributed by atoms with Gasteiger partial charge in [0.15, 0.2) is 6.61 Å². The summed E-state index contributed by atoms with van der Waals surface area (Å²) in [7, 11) is 0. The van der Waals surface area contributed by atoms with Crippen molar-refractivity contribution in [2.45, 2.75) is 72.3 Å². The van der Waals surface area contributed by atoms with E-state index in [9.17, 15) is 14.4 Å². The number of anilines is 1. The Morgan fingerprint density at radius 1 is 1.10 bits per heavy atom. The molecule has 30 heavy (non-hydrogen) atoms. The molecule has 0 aromatic carbocycles. The van der Waals surface area contributed by atoms with Crippen molar-refractivity contribution in [1.29, 1.82) is 0 Å². The van der Waals surface area contributed by atoms with Crippen LogP contribution in [0.15, 0.2) is 0 Å². The van der Waals surface area contributed by atoms with Gasteiger partial charge in [-0.25, -0.2) is 4.79 Å². The maximum absolute atomic E-state index is 12.6. The second-order valence-corrected chi connectivity index (χ2v) is 11.0. The van der Waals surface area contributed by atoms with Gasteiger partial charge in [0.25, 0.3) is 5.91 Å². The zero-order valence-corrected chi connectivity index (χ0v) is 19.1. The molecule has 1 aromatic heterocycles. The lowest BCUT2D eigenvalue weighted by Gasteiger charge is -2.59. The molecule has 4 saturated carbocycles. The number of hydrogen-bond donors (Lipinski definition) is 2. The number of rotatable bonds is 6. The highest BCUT2D eigenvalue weighted by molar-refractivity contribution is 7.16. The van der Waals surface area contributed by atoms with Gasteiger partial charge in [-0.3, -0.25) is 9.59 Å². The van der Waals surface area contributed by atoms with Gasteiger partial charge in [0.2, 0.25) is 5.91 Å². The number of thiophene rings is 1. The zero-order valence-electron chi connectivity index (χ0n) is 18.3. The topological polar surface area (TPSA) is 84.5 Å². The van der Waals surface area contributed by atoms with Crippen LogP contribution < -0.4 is 10.6 Å². The number of amides is 2. The number of hydrogen-bond acceptors (Lipinski definition) is 5. The van der Waals surface area contributed by atoms with E-state index < -0.39 is 5.97 Å². The molecular weight excluding hydrogens is 400 g/mol. The normalized spacial score (nSPS) is 30.1. The van der Waals surface area contributed by atoms with Gasteiger partial charge >= 0.3 is 5.97 Å². The third kappa shape index (κ3) is 4.01. The summed E-state index contributed by atoms with van der Waals surface area (Å²) in [4.78, 5) is 37.6. The zero-order chi connectivity index (χ0) is 21.6. The molecule has 5 rings (SSSR count). The fourth-order valence-corrected chi connectivity index (χ4v) is 7.56. The van der Waals surface area contributed by atoms with E-state index in [2.05, 4.69) is 17.6 Å². The van der Waals surface area contributed by atoms with E-state index in [4.69, 9.17) is 4.74 Å². The Kier molecular flexibility index (Phi) is 5.68. The quantitative estimate of drug-likeness (QED) is 0.660. The van der Waals surface area contributed by atoms with Gasteiger partial charge in [0.1, 0.15) is 5.00 Å². The summed E-state index contributed by atoms with van der Waals surface area (Å²) in [6, 6.07) is 0.0946. The Labute approximate surface area is 182 Å². The third-order valence-electron chi connectivity index (χ3n) is 7.60. The Morgan fingerprint density at radius 2 is 1.67 bits per heavy atom. The number of esters is 1. The molecule has 0 radical (unpaired) electrons. The molecule has 0 spiro atoms. The number of carbonyl (C=O) groups excluding carboxylic acids is 3. The molecule has 4 aliphatic rings. The van der Waals surface area contributed by atoms with Crippen LogP contribution in [0.1, 0.15) is 73.2 Å². The molecule has 0 aliphatic heterocycles. The first-order valence-corrected chi connectivity index (χ1v) is 11.8. The first-order valence-electron chi connectivity index (χ1n) is 11.0. The molecule has 1 unspecified atom stereocenters.